The molecule has 2 unspecified atom stereocenters. The number of benzene rings is 3. The zero-order valence-electron chi connectivity index (χ0n) is 18.3. The van der Waals surface area contributed by atoms with Gasteiger partial charge in [-0.05, 0) is 36.2 Å². The van der Waals surface area contributed by atoms with Crippen molar-refractivity contribution in [3.8, 4) is 11.6 Å². The summed E-state index contributed by atoms with van der Waals surface area (Å²) in [4.78, 5) is 39.1. The standard InChI is InChI=1S/C25H19FN4O5/c26-15-7-5-14(6-8-15)11-22(31)27-13-16-12-21(27)23-24(32)29(25(33)28(16)23)19-9-10-20(30(34)35)18-4-2-1-3-17(18)19/h1-10,16,21,32H,11-13H2. The molecule has 6 rings (SSSR count). The first-order valence-corrected chi connectivity index (χ1v) is 11.1. The van der Waals surface area contributed by atoms with E-state index < -0.39 is 16.7 Å². The largest absolute Gasteiger partial charge is 0.493 e. The van der Waals surface area contributed by atoms with Crippen molar-refractivity contribution in [1.29, 1.82) is 0 Å². The number of carbonyl (C=O) groups excluding carboxylic acids is 1. The number of non-ortho nitro benzene ring substituents is 1. The Morgan fingerprint density at radius 3 is 2.51 bits per heavy atom. The van der Waals surface area contributed by atoms with E-state index in [-0.39, 0.29) is 35.8 Å². The van der Waals surface area contributed by atoms with Crippen LogP contribution < -0.4 is 5.69 Å². The molecule has 2 aliphatic heterocycles. The quantitative estimate of drug-likeness (QED) is 0.359. The molecule has 0 radical (unpaired) electrons. The van der Waals surface area contributed by atoms with E-state index in [1.54, 1.807) is 41.3 Å². The lowest BCUT2D eigenvalue weighted by molar-refractivity contribution is -0.383. The lowest BCUT2D eigenvalue weighted by atomic mass is 10.1. The molecule has 1 fully saturated rings. The number of hydrogen-bond acceptors (Lipinski definition) is 5. The molecule has 1 N–H and O–H groups in total. The molecule has 3 heterocycles. The summed E-state index contributed by atoms with van der Waals surface area (Å²) in [6.45, 7) is 0.335. The van der Waals surface area contributed by atoms with Gasteiger partial charge in [0.05, 0.1) is 34.5 Å². The summed E-state index contributed by atoms with van der Waals surface area (Å²) < 4.78 is 15.9. The van der Waals surface area contributed by atoms with Crippen molar-refractivity contribution < 1.29 is 19.2 Å². The van der Waals surface area contributed by atoms with E-state index >= 15 is 0 Å². The number of likely N-dealkylation sites (tertiary alicyclic amines) is 1. The number of nitro groups is 1. The van der Waals surface area contributed by atoms with Gasteiger partial charge in [-0.25, -0.2) is 13.8 Å². The van der Waals surface area contributed by atoms with Gasteiger partial charge in [-0.2, -0.15) is 0 Å². The summed E-state index contributed by atoms with van der Waals surface area (Å²) in [6, 6.07) is 14.4. The Morgan fingerprint density at radius 1 is 1.09 bits per heavy atom. The van der Waals surface area contributed by atoms with Crippen LogP contribution in [0.2, 0.25) is 0 Å². The van der Waals surface area contributed by atoms with Crippen LogP contribution in [0.1, 0.15) is 29.8 Å². The highest BCUT2D eigenvalue weighted by Crippen LogP contribution is 2.49. The SMILES string of the molecule is O=C(Cc1ccc(F)cc1)N1CC2CC1c1c(O)n(-c3ccc([N+](=O)[O-])c4ccccc34)c(=O)n12. The average molecular weight is 474 g/mol. The summed E-state index contributed by atoms with van der Waals surface area (Å²) in [5.41, 5.74) is 0.826. The van der Waals surface area contributed by atoms with Crippen LogP contribution >= 0.6 is 0 Å². The maximum absolute atomic E-state index is 13.4. The second kappa shape index (κ2) is 7.52. The Balaban J connectivity index is 1.41. The molecule has 9 nitrogen and oxygen atoms in total. The number of amides is 1. The monoisotopic (exact) mass is 474 g/mol. The molecule has 3 aromatic carbocycles. The van der Waals surface area contributed by atoms with Crippen LogP contribution in [0.5, 0.6) is 5.88 Å². The van der Waals surface area contributed by atoms with Gasteiger partial charge in [0.25, 0.3) is 5.69 Å². The van der Waals surface area contributed by atoms with E-state index in [0.29, 0.717) is 40.7 Å². The van der Waals surface area contributed by atoms with Gasteiger partial charge in [0.1, 0.15) is 11.5 Å². The Labute approximate surface area is 197 Å². The van der Waals surface area contributed by atoms with Gasteiger partial charge in [0, 0.05) is 18.0 Å². The Kier molecular flexibility index (Phi) is 4.53. The molecule has 0 aliphatic carbocycles. The lowest BCUT2D eigenvalue weighted by Crippen LogP contribution is -2.38. The first kappa shape index (κ1) is 21.1. The number of hydrogen-bond donors (Lipinski definition) is 1. The molecule has 1 saturated heterocycles. The van der Waals surface area contributed by atoms with Crippen LogP contribution in [-0.2, 0) is 11.2 Å². The van der Waals surface area contributed by atoms with Crippen molar-refractivity contribution in [3.05, 3.63) is 98.3 Å². The third-order valence-corrected chi connectivity index (χ3v) is 6.96. The van der Waals surface area contributed by atoms with Gasteiger partial charge >= 0.3 is 5.69 Å². The number of nitrogens with zero attached hydrogens (tertiary/aromatic N) is 4. The highest BCUT2D eigenvalue weighted by atomic mass is 19.1. The molecule has 2 atom stereocenters. The van der Waals surface area contributed by atoms with Gasteiger partial charge in [-0.1, -0.05) is 30.3 Å². The van der Waals surface area contributed by atoms with Gasteiger partial charge in [-0.3, -0.25) is 19.5 Å². The third-order valence-electron chi connectivity index (χ3n) is 6.96. The summed E-state index contributed by atoms with van der Waals surface area (Å²) in [7, 11) is 0. The number of rotatable bonds is 4. The van der Waals surface area contributed by atoms with Crippen LogP contribution in [0.25, 0.3) is 16.5 Å². The second-order valence-corrected chi connectivity index (χ2v) is 8.86. The van der Waals surface area contributed by atoms with Gasteiger partial charge in [0.2, 0.25) is 11.8 Å². The van der Waals surface area contributed by atoms with Crippen molar-refractivity contribution in [2.24, 2.45) is 0 Å². The number of carbonyl (C=O) groups is 1. The predicted octanol–water partition coefficient (Wildman–Crippen LogP) is 3.62. The third kappa shape index (κ3) is 3.06. The van der Waals surface area contributed by atoms with Crippen molar-refractivity contribution in [1.82, 2.24) is 14.0 Å². The molecule has 2 aliphatic rings. The Hall–Kier alpha value is -4.47. The molecule has 1 amide bonds. The fraction of sp³-hybridized carbons (Fsp3) is 0.200. The summed E-state index contributed by atoms with van der Waals surface area (Å²) >= 11 is 0. The molecule has 0 saturated carbocycles. The van der Waals surface area contributed by atoms with Crippen molar-refractivity contribution >= 4 is 22.4 Å². The van der Waals surface area contributed by atoms with E-state index in [4.69, 9.17) is 0 Å². The molecular weight excluding hydrogens is 455 g/mol. The van der Waals surface area contributed by atoms with Crippen LogP contribution in [0, 0.1) is 15.9 Å². The van der Waals surface area contributed by atoms with Gasteiger partial charge in [-0.15, -0.1) is 0 Å². The average Bonchev–Trinajstić information content (AvgIpc) is 3.51. The van der Waals surface area contributed by atoms with E-state index in [1.165, 1.54) is 28.8 Å². The molecule has 1 aromatic heterocycles. The Bertz CT molecular complexity index is 1590. The van der Waals surface area contributed by atoms with E-state index in [1.807, 2.05) is 0 Å². The number of nitro benzene ring substituents is 1. The smallest absolute Gasteiger partial charge is 0.336 e. The maximum atomic E-state index is 13.4. The number of aromatic nitrogens is 2. The van der Waals surface area contributed by atoms with Crippen LogP contribution in [0.3, 0.4) is 0 Å². The topological polar surface area (TPSA) is 111 Å². The van der Waals surface area contributed by atoms with Crippen LogP contribution in [-0.4, -0.2) is 36.5 Å². The molecule has 35 heavy (non-hydrogen) atoms. The van der Waals surface area contributed by atoms with Gasteiger partial charge in [0.15, 0.2) is 0 Å². The van der Waals surface area contributed by atoms with E-state index in [9.17, 15) is 29.2 Å². The first-order chi connectivity index (χ1) is 16.8. The summed E-state index contributed by atoms with van der Waals surface area (Å²) in [5, 5.41) is 23.5. The normalized spacial score (nSPS) is 18.3. The van der Waals surface area contributed by atoms with Crippen molar-refractivity contribution in [2.45, 2.75) is 24.9 Å². The van der Waals surface area contributed by atoms with Crippen molar-refractivity contribution in [3.63, 3.8) is 0 Å². The van der Waals surface area contributed by atoms with E-state index in [2.05, 4.69) is 0 Å². The highest BCUT2D eigenvalue weighted by molar-refractivity contribution is 5.97. The fourth-order valence-corrected chi connectivity index (χ4v) is 5.44. The van der Waals surface area contributed by atoms with E-state index in [0.717, 1.165) is 4.57 Å². The molecule has 176 valence electrons. The molecule has 2 bridgehead atoms. The molecule has 10 heteroatoms. The highest BCUT2D eigenvalue weighted by Gasteiger charge is 2.49. The Morgan fingerprint density at radius 2 is 1.80 bits per heavy atom. The van der Waals surface area contributed by atoms with Crippen LogP contribution in [0.4, 0.5) is 10.1 Å². The molecule has 0 spiro atoms. The minimum atomic E-state index is -0.487. The zero-order valence-corrected chi connectivity index (χ0v) is 18.3. The van der Waals surface area contributed by atoms with Crippen LogP contribution in [0.15, 0.2) is 65.5 Å². The number of aromatic hydroxyl groups is 1. The first-order valence-electron chi connectivity index (χ1n) is 11.1. The molecule has 4 aromatic rings. The van der Waals surface area contributed by atoms with Gasteiger partial charge < -0.3 is 10.0 Å². The minimum absolute atomic E-state index is 0.0855. The maximum Gasteiger partial charge on any atom is 0.336 e. The summed E-state index contributed by atoms with van der Waals surface area (Å²) in [6.07, 6.45) is 0.608. The second-order valence-electron chi connectivity index (χ2n) is 8.86. The minimum Gasteiger partial charge on any atom is -0.493 e. The number of imidazole rings is 1. The predicted molar refractivity (Wildman–Crippen MR) is 124 cm³/mol. The number of halogens is 1. The lowest BCUT2D eigenvalue weighted by Gasteiger charge is -2.27. The van der Waals surface area contributed by atoms with Crippen molar-refractivity contribution in [2.75, 3.05) is 6.54 Å². The number of fused-ring (bicyclic) bond motifs is 6. The zero-order chi connectivity index (χ0) is 24.4. The summed E-state index contributed by atoms with van der Waals surface area (Å²) in [5.74, 6) is -0.827. The molecular formula is C25H19FN4O5. The fourth-order valence-electron chi connectivity index (χ4n) is 5.44.